The molecule has 0 saturated carbocycles. The molecule has 0 spiro atoms. The lowest BCUT2D eigenvalue weighted by Crippen LogP contribution is -2.03. The number of halogens is 3. The highest BCUT2D eigenvalue weighted by Gasteiger charge is 2.30. The fourth-order valence-electron chi connectivity index (χ4n) is 3.40. The maximum absolute atomic E-state index is 12.8. The monoisotopic (exact) mass is 430 g/mol. The third-order valence-corrected chi connectivity index (χ3v) is 6.10. The number of aromatic nitrogens is 2. The summed E-state index contributed by atoms with van der Waals surface area (Å²) < 4.78 is 40.4. The van der Waals surface area contributed by atoms with E-state index in [4.69, 9.17) is 5.11 Å². The Balaban J connectivity index is 1.62. The molecule has 0 atom stereocenters. The third kappa shape index (κ3) is 3.95. The minimum atomic E-state index is -4.36. The Kier molecular flexibility index (Phi) is 5.11. The molecule has 4 nitrogen and oxygen atoms in total. The highest BCUT2D eigenvalue weighted by molar-refractivity contribution is 7.15. The van der Waals surface area contributed by atoms with Crippen LogP contribution in [0.4, 0.5) is 13.2 Å². The van der Waals surface area contributed by atoms with Gasteiger partial charge in [-0.25, -0.2) is 4.98 Å². The second kappa shape index (κ2) is 7.60. The SMILES string of the molecule is Cc1nc(-c2ccc(C(F)(F)F)cc2)sc1Cn1ccc2c(CC(=O)O)cccc21. The van der Waals surface area contributed by atoms with Crippen molar-refractivity contribution in [1.29, 1.82) is 0 Å². The van der Waals surface area contributed by atoms with Gasteiger partial charge in [-0.1, -0.05) is 24.3 Å². The van der Waals surface area contributed by atoms with Crippen molar-refractivity contribution in [2.45, 2.75) is 26.1 Å². The summed E-state index contributed by atoms with van der Waals surface area (Å²) in [5, 5.41) is 10.7. The topological polar surface area (TPSA) is 55.1 Å². The molecule has 8 heteroatoms. The average molecular weight is 430 g/mol. The summed E-state index contributed by atoms with van der Waals surface area (Å²) in [5.41, 5.74) is 2.46. The van der Waals surface area contributed by atoms with E-state index in [1.54, 1.807) is 6.07 Å². The fraction of sp³-hybridized carbons (Fsp3) is 0.182. The second-order valence-corrected chi connectivity index (χ2v) is 8.05. The van der Waals surface area contributed by atoms with Crippen LogP contribution < -0.4 is 0 Å². The molecule has 0 aliphatic rings. The average Bonchev–Trinajstić information content (AvgIpc) is 3.26. The number of carboxylic acid groups (broad SMARTS) is 1. The Morgan fingerprint density at radius 3 is 2.53 bits per heavy atom. The van der Waals surface area contributed by atoms with Gasteiger partial charge in [0, 0.05) is 27.5 Å². The number of aryl methyl sites for hydroxylation is 1. The molecule has 154 valence electrons. The van der Waals surface area contributed by atoms with Crippen LogP contribution in [0, 0.1) is 6.92 Å². The summed E-state index contributed by atoms with van der Waals surface area (Å²) in [7, 11) is 0. The zero-order valence-electron chi connectivity index (χ0n) is 15.9. The Bertz CT molecular complexity index is 1220. The minimum absolute atomic E-state index is 0.0427. The van der Waals surface area contributed by atoms with Crippen LogP contribution in [0.3, 0.4) is 0 Å². The van der Waals surface area contributed by atoms with Crippen LogP contribution in [0.15, 0.2) is 54.7 Å². The van der Waals surface area contributed by atoms with E-state index in [0.29, 0.717) is 17.1 Å². The first kappa shape index (κ1) is 20.2. The number of carbonyl (C=O) groups is 1. The van der Waals surface area contributed by atoms with E-state index < -0.39 is 17.7 Å². The summed E-state index contributed by atoms with van der Waals surface area (Å²) in [6.45, 7) is 2.42. The first-order valence-corrected chi connectivity index (χ1v) is 9.96. The van der Waals surface area contributed by atoms with Gasteiger partial charge in [-0.15, -0.1) is 11.3 Å². The van der Waals surface area contributed by atoms with Crippen molar-refractivity contribution in [1.82, 2.24) is 9.55 Å². The van der Waals surface area contributed by atoms with Crippen molar-refractivity contribution in [3.05, 3.63) is 76.4 Å². The van der Waals surface area contributed by atoms with Crippen LogP contribution >= 0.6 is 11.3 Å². The summed E-state index contributed by atoms with van der Waals surface area (Å²) in [6, 6.07) is 12.5. The molecule has 30 heavy (non-hydrogen) atoms. The number of fused-ring (bicyclic) bond motifs is 1. The Morgan fingerprint density at radius 1 is 1.13 bits per heavy atom. The maximum atomic E-state index is 12.8. The van der Waals surface area contributed by atoms with E-state index in [1.807, 2.05) is 35.9 Å². The van der Waals surface area contributed by atoms with E-state index in [1.165, 1.54) is 23.5 Å². The zero-order chi connectivity index (χ0) is 21.5. The molecule has 0 unspecified atom stereocenters. The molecule has 0 amide bonds. The molecule has 1 N–H and O–H groups in total. The molecule has 0 saturated heterocycles. The Morgan fingerprint density at radius 2 is 1.87 bits per heavy atom. The van der Waals surface area contributed by atoms with E-state index in [-0.39, 0.29) is 6.42 Å². The van der Waals surface area contributed by atoms with Gasteiger partial charge in [0.1, 0.15) is 5.01 Å². The summed E-state index contributed by atoms with van der Waals surface area (Å²) in [6.07, 6.45) is -2.50. The van der Waals surface area contributed by atoms with Gasteiger partial charge >= 0.3 is 12.1 Å². The van der Waals surface area contributed by atoms with Crippen LogP contribution in [-0.4, -0.2) is 20.6 Å². The van der Waals surface area contributed by atoms with Gasteiger partial charge in [0.25, 0.3) is 0 Å². The Hall–Kier alpha value is -3.13. The van der Waals surface area contributed by atoms with Gasteiger partial charge in [-0.05, 0) is 36.8 Å². The first-order chi connectivity index (χ1) is 14.2. The van der Waals surface area contributed by atoms with Crippen LogP contribution in [0.5, 0.6) is 0 Å². The molecule has 0 aliphatic carbocycles. The molecular weight excluding hydrogens is 413 g/mol. The van der Waals surface area contributed by atoms with Crippen molar-refractivity contribution >= 4 is 28.2 Å². The summed E-state index contributed by atoms with van der Waals surface area (Å²) >= 11 is 1.44. The quantitative estimate of drug-likeness (QED) is 0.438. The van der Waals surface area contributed by atoms with Crippen LogP contribution in [-0.2, 0) is 23.9 Å². The van der Waals surface area contributed by atoms with Gasteiger partial charge in [0.05, 0.1) is 24.2 Å². The highest BCUT2D eigenvalue weighted by Crippen LogP contribution is 2.33. The molecular formula is C22H17F3N2O2S. The number of nitrogens with zero attached hydrogens (tertiary/aromatic N) is 2. The largest absolute Gasteiger partial charge is 0.481 e. The maximum Gasteiger partial charge on any atom is 0.416 e. The van der Waals surface area contributed by atoms with Crippen molar-refractivity contribution in [2.24, 2.45) is 0 Å². The number of benzene rings is 2. The molecule has 0 radical (unpaired) electrons. The van der Waals surface area contributed by atoms with Gasteiger partial charge in [-0.2, -0.15) is 13.2 Å². The summed E-state index contributed by atoms with van der Waals surface area (Å²) in [4.78, 5) is 16.6. The van der Waals surface area contributed by atoms with Crippen molar-refractivity contribution in [3.8, 4) is 10.6 Å². The number of hydrogen-bond donors (Lipinski definition) is 1. The highest BCUT2D eigenvalue weighted by atomic mass is 32.1. The number of carboxylic acids is 1. The van der Waals surface area contributed by atoms with Crippen LogP contribution in [0.25, 0.3) is 21.5 Å². The minimum Gasteiger partial charge on any atom is -0.481 e. The lowest BCUT2D eigenvalue weighted by Gasteiger charge is -2.06. The van der Waals surface area contributed by atoms with Gasteiger partial charge in [0.2, 0.25) is 0 Å². The van der Waals surface area contributed by atoms with Crippen molar-refractivity contribution in [3.63, 3.8) is 0 Å². The molecule has 0 bridgehead atoms. The molecule has 2 heterocycles. The number of alkyl halides is 3. The predicted molar refractivity (Wildman–Crippen MR) is 110 cm³/mol. The third-order valence-electron chi connectivity index (χ3n) is 4.91. The van der Waals surface area contributed by atoms with E-state index in [2.05, 4.69) is 4.98 Å². The van der Waals surface area contributed by atoms with E-state index in [9.17, 15) is 18.0 Å². The smallest absolute Gasteiger partial charge is 0.416 e. The molecule has 0 aliphatic heterocycles. The molecule has 2 aromatic heterocycles. The first-order valence-electron chi connectivity index (χ1n) is 9.15. The normalized spacial score (nSPS) is 11.9. The summed E-state index contributed by atoms with van der Waals surface area (Å²) in [5.74, 6) is -0.880. The second-order valence-electron chi connectivity index (χ2n) is 6.97. The van der Waals surface area contributed by atoms with E-state index in [0.717, 1.165) is 39.2 Å². The molecule has 0 fully saturated rings. The lowest BCUT2D eigenvalue weighted by atomic mass is 10.1. The van der Waals surface area contributed by atoms with E-state index >= 15 is 0 Å². The van der Waals surface area contributed by atoms with Crippen molar-refractivity contribution < 1.29 is 23.1 Å². The van der Waals surface area contributed by atoms with Gasteiger partial charge in [0.15, 0.2) is 0 Å². The van der Waals surface area contributed by atoms with Crippen LogP contribution in [0.2, 0.25) is 0 Å². The van der Waals surface area contributed by atoms with Gasteiger partial charge in [-0.3, -0.25) is 4.79 Å². The molecule has 4 aromatic rings. The standard InChI is InChI=1S/C22H17F3N2O2S/c1-13-19(30-21(26-13)14-5-7-16(8-6-14)22(23,24)25)12-27-10-9-17-15(11-20(28)29)3-2-4-18(17)27/h2-10H,11-12H2,1H3,(H,28,29). The molecule has 2 aromatic carbocycles. The fourth-order valence-corrected chi connectivity index (χ4v) is 4.46. The lowest BCUT2D eigenvalue weighted by molar-refractivity contribution is -0.138. The zero-order valence-corrected chi connectivity index (χ0v) is 16.7. The van der Waals surface area contributed by atoms with Gasteiger partial charge < -0.3 is 9.67 Å². The number of aliphatic carboxylic acids is 1. The number of hydrogen-bond acceptors (Lipinski definition) is 3. The molecule has 4 rings (SSSR count). The number of rotatable bonds is 5. The predicted octanol–water partition coefficient (Wildman–Crippen LogP) is 5.77. The van der Waals surface area contributed by atoms with Crippen LogP contribution in [0.1, 0.15) is 21.7 Å². The van der Waals surface area contributed by atoms with Crippen molar-refractivity contribution in [2.75, 3.05) is 0 Å². The number of thiazole rings is 1. The Labute approximate surface area is 174 Å².